The van der Waals surface area contributed by atoms with Crippen LogP contribution in [0.4, 0.5) is 5.69 Å². The molecule has 0 spiro atoms. The van der Waals surface area contributed by atoms with Crippen LogP contribution in [0.1, 0.15) is 0 Å². The third-order valence-corrected chi connectivity index (χ3v) is 6.50. The third kappa shape index (κ3) is 3.46. The quantitative estimate of drug-likeness (QED) is 0.693. The van der Waals surface area contributed by atoms with Crippen LogP contribution < -0.4 is 13.8 Å². The highest BCUT2D eigenvalue weighted by Crippen LogP contribution is 2.40. The largest absolute Gasteiger partial charge is 0.495 e. The highest BCUT2D eigenvalue weighted by Gasteiger charge is 2.28. The Morgan fingerprint density at radius 2 is 2.00 bits per heavy atom. The van der Waals surface area contributed by atoms with E-state index >= 15 is 0 Å². The van der Waals surface area contributed by atoms with E-state index in [9.17, 15) is 8.42 Å². The molecule has 8 heteroatoms. The zero-order valence-corrected chi connectivity index (χ0v) is 15.0. The molecule has 0 unspecified atom stereocenters. The second-order valence-electron chi connectivity index (χ2n) is 4.42. The lowest BCUT2D eigenvalue weighted by atomic mass is 10.2. The number of hydrogen-bond acceptors (Lipinski definition) is 5. The minimum Gasteiger partial charge on any atom is -0.495 e. The maximum atomic E-state index is 12.9. The number of thiophene rings is 1. The molecule has 0 aliphatic carbocycles. The Morgan fingerprint density at radius 1 is 1.30 bits per heavy atom. The van der Waals surface area contributed by atoms with Gasteiger partial charge in [0.25, 0.3) is 10.0 Å². The van der Waals surface area contributed by atoms with Crippen molar-refractivity contribution in [2.45, 2.75) is 4.21 Å². The first kappa shape index (κ1) is 17.7. The molecule has 2 rings (SSSR count). The molecular formula is C15H16ClNO4S2. The molecule has 0 aliphatic heterocycles. The summed E-state index contributed by atoms with van der Waals surface area (Å²) in [6, 6.07) is 6.30. The number of hydrogen-bond donors (Lipinski definition) is 0. The molecule has 0 fully saturated rings. The van der Waals surface area contributed by atoms with E-state index in [4.69, 9.17) is 21.1 Å². The predicted octanol–water partition coefficient (Wildman–Crippen LogP) is 3.80. The van der Waals surface area contributed by atoms with Gasteiger partial charge in [0, 0.05) is 12.1 Å². The fraction of sp³-hybridized carbons (Fsp3) is 0.200. The van der Waals surface area contributed by atoms with Crippen LogP contribution >= 0.6 is 22.9 Å². The van der Waals surface area contributed by atoms with Gasteiger partial charge < -0.3 is 9.47 Å². The monoisotopic (exact) mass is 373 g/mol. The van der Waals surface area contributed by atoms with Gasteiger partial charge in [-0.2, -0.15) is 0 Å². The van der Waals surface area contributed by atoms with Crippen LogP contribution in [-0.4, -0.2) is 29.2 Å². The Labute approximate surface area is 144 Å². The van der Waals surface area contributed by atoms with E-state index in [0.29, 0.717) is 22.2 Å². The van der Waals surface area contributed by atoms with E-state index in [-0.39, 0.29) is 10.8 Å². The van der Waals surface area contributed by atoms with Crippen molar-refractivity contribution in [3.63, 3.8) is 0 Å². The molecule has 0 N–H and O–H groups in total. The van der Waals surface area contributed by atoms with E-state index in [1.807, 2.05) is 0 Å². The van der Waals surface area contributed by atoms with Crippen LogP contribution in [0, 0.1) is 0 Å². The number of nitrogens with zero attached hydrogens (tertiary/aromatic N) is 1. The summed E-state index contributed by atoms with van der Waals surface area (Å²) in [6.07, 6.45) is 1.51. The van der Waals surface area contributed by atoms with Crippen LogP contribution in [0.15, 0.2) is 46.5 Å². The van der Waals surface area contributed by atoms with E-state index in [0.717, 1.165) is 11.3 Å². The second kappa shape index (κ2) is 7.25. The highest BCUT2D eigenvalue weighted by molar-refractivity contribution is 7.94. The van der Waals surface area contributed by atoms with Crippen LogP contribution in [0.5, 0.6) is 11.5 Å². The van der Waals surface area contributed by atoms with Gasteiger partial charge in [0.2, 0.25) is 0 Å². The van der Waals surface area contributed by atoms with Gasteiger partial charge in [-0.15, -0.1) is 17.9 Å². The van der Waals surface area contributed by atoms with Crippen molar-refractivity contribution in [2.75, 3.05) is 25.1 Å². The molecule has 23 heavy (non-hydrogen) atoms. The minimum absolute atomic E-state index is 0.0847. The first-order valence-corrected chi connectivity index (χ1v) is 9.24. The van der Waals surface area contributed by atoms with Crippen molar-refractivity contribution in [1.29, 1.82) is 0 Å². The van der Waals surface area contributed by atoms with Gasteiger partial charge in [-0.1, -0.05) is 23.7 Å². The molecule has 0 atom stereocenters. The Hall–Kier alpha value is -1.70. The summed E-state index contributed by atoms with van der Waals surface area (Å²) in [7, 11) is -0.830. The summed E-state index contributed by atoms with van der Waals surface area (Å²) >= 11 is 7.23. The lowest BCUT2D eigenvalue weighted by Gasteiger charge is -2.25. The maximum Gasteiger partial charge on any atom is 0.274 e. The smallest absolute Gasteiger partial charge is 0.274 e. The molecule has 0 saturated carbocycles. The topological polar surface area (TPSA) is 55.8 Å². The summed E-state index contributed by atoms with van der Waals surface area (Å²) < 4.78 is 37.7. The van der Waals surface area contributed by atoms with E-state index in [1.165, 1.54) is 36.7 Å². The van der Waals surface area contributed by atoms with Crippen molar-refractivity contribution in [1.82, 2.24) is 0 Å². The van der Waals surface area contributed by atoms with Crippen molar-refractivity contribution in [3.05, 3.63) is 47.3 Å². The van der Waals surface area contributed by atoms with Gasteiger partial charge in [-0.25, -0.2) is 8.42 Å². The van der Waals surface area contributed by atoms with Gasteiger partial charge >= 0.3 is 0 Å². The summed E-state index contributed by atoms with van der Waals surface area (Å²) in [5.74, 6) is 0.690. The lowest BCUT2D eigenvalue weighted by molar-refractivity contribution is 0.404. The van der Waals surface area contributed by atoms with Crippen LogP contribution in [0.3, 0.4) is 0 Å². The molecule has 0 amide bonds. The first-order chi connectivity index (χ1) is 11.0. The standard InChI is InChI=1S/C15H16ClNO4S2/c1-4-7-17(23(18,19)15-6-5-8-22-15)12-10-13(20-2)11(16)9-14(12)21-3/h4-6,8-10H,1,7H2,2-3H3. The minimum atomic E-state index is -3.74. The third-order valence-electron chi connectivity index (χ3n) is 3.06. The summed E-state index contributed by atoms with van der Waals surface area (Å²) in [5, 5.41) is 2.04. The van der Waals surface area contributed by atoms with Crippen molar-refractivity contribution in [3.8, 4) is 11.5 Å². The average Bonchev–Trinajstić information content (AvgIpc) is 3.07. The molecule has 0 radical (unpaired) electrons. The van der Waals surface area contributed by atoms with Gasteiger partial charge in [0.05, 0.1) is 31.5 Å². The van der Waals surface area contributed by atoms with Crippen LogP contribution in [0.25, 0.3) is 0 Å². The molecule has 1 aromatic carbocycles. The normalized spacial score (nSPS) is 11.1. The van der Waals surface area contributed by atoms with Gasteiger partial charge in [-0.3, -0.25) is 4.31 Å². The van der Waals surface area contributed by atoms with Gasteiger partial charge in [-0.05, 0) is 11.4 Å². The Kier molecular flexibility index (Phi) is 5.56. The Bertz CT molecular complexity index is 788. The second-order valence-corrected chi connectivity index (χ2v) is 7.86. The van der Waals surface area contributed by atoms with Gasteiger partial charge in [0.15, 0.2) is 0 Å². The first-order valence-electron chi connectivity index (χ1n) is 6.54. The summed E-state index contributed by atoms with van der Waals surface area (Å²) in [4.78, 5) is 0. The summed E-state index contributed by atoms with van der Waals surface area (Å²) in [5.41, 5.74) is 0.335. The van der Waals surface area contributed by atoms with E-state index in [1.54, 1.807) is 17.5 Å². The van der Waals surface area contributed by atoms with Crippen molar-refractivity contribution >= 4 is 38.6 Å². The predicted molar refractivity (Wildman–Crippen MR) is 93.6 cm³/mol. The number of ether oxygens (including phenoxy) is 2. The molecule has 0 saturated heterocycles. The number of sulfonamides is 1. The fourth-order valence-electron chi connectivity index (χ4n) is 2.00. The molecular weight excluding hydrogens is 358 g/mol. The number of rotatable bonds is 7. The molecule has 0 bridgehead atoms. The highest BCUT2D eigenvalue weighted by atomic mass is 35.5. The maximum absolute atomic E-state index is 12.9. The molecule has 0 aliphatic rings. The molecule has 5 nitrogen and oxygen atoms in total. The Balaban J connectivity index is 2.65. The molecule has 2 aromatic rings. The molecule has 1 heterocycles. The molecule has 124 valence electrons. The SMILES string of the molecule is C=CCN(c1cc(OC)c(Cl)cc1OC)S(=O)(=O)c1cccs1. The van der Waals surface area contributed by atoms with Crippen molar-refractivity contribution < 1.29 is 17.9 Å². The van der Waals surface area contributed by atoms with Crippen molar-refractivity contribution in [2.24, 2.45) is 0 Å². The number of benzene rings is 1. The average molecular weight is 374 g/mol. The van der Waals surface area contributed by atoms with Gasteiger partial charge in [0.1, 0.15) is 15.7 Å². The number of methoxy groups -OCH3 is 2. The van der Waals surface area contributed by atoms with E-state index < -0.39 is 10.0 Å². The zero-order chi connectivity index (χ0) is 17.0. The van der Waals surface area contributed by atoms with Crippen LogP contribution in [-0.2, 0) is 10.0 Å². The number of anilines is 1. The fourth-order valence-corrected chi connectivity index (χ4v) is 4.77. The summed E-state index contributed by atoms with van der Waals surface area (Å²) in [6.45, 7) is 3.72. The van der Waals surface area contributed by atoms with E-state index in [2.05, 4.69) is 6.58 Å². The lowest BCUT2D eigenvalue weighted by Crippen LogP contribution is -2.31. The zero-order valence-electron chi connectivity index (χ0n) is 12.7. The Morgan fingerprint density at radius 3 is 2.52 bits per heavy atom. The van der Waals surface area contributed by atoms with Crippen LogP contribution in [0.2, 0.25) is 5.02 Å². The molecule has 1 aromatic heterocycles. The number of halogens is 1.